The average Bonchev–Trinajstić information content (AvgIpc) is 2.04. The zero-order chi connectivity index (χ0) is 9.14. The van der Waals surface area contributed by atoms with Crippen LogP contribution in [0.25, 0.3) is 0 Å². The SMILES string of the molecule is COc1ccc([C@@H](C)F)cc1C. The summed E-state index contributed by atoms with van der Waals surface area (Å²) in [5.74, 6) is 0.805. The lowest BCUT2D eigenvalue weighted by Gasteiger charge is -2.07. The minimum absolute atomic E-state index is 0.702. The van der Waals surface area contributed by atoms with E-state index in [0.717, 1.165) is 11.3 Å². The zero-order valence-corrected chi connectivity index (χ0v) is 7.60. The average molecular weight is 168 g/mol. The van der Waals surface area contributed by atoms with Crippen molar-refractivity contribution in [1.29, 1.82) is 0 Å². The van der Waals surface area contributed by atoms with Crippen LogP contribution in [0.1, 0.15) is 24.2 Å². The molecule has 0 aliphatic carbocycles. The number of hydrogen-bond acceptors (Lipinski definition) is 1. The Hall–Kier alpha value is -1.05. The molecule has 1 rings (SSSR count). The Balaban J connectivity index is 3.02. The van der Waals surface area contributed by atoms with Gasteiger partial charge in [0.15, 0.2) is 0 Å². The lowest BCUT2D eigenvalue weighted by molar-refractivity contribution is 0.372. The Bertz CT molecular complexity index is 269. The molecule has 0 saturated carbocycles. The second-order valence-corrected chi connectivity index (χ2v) is 2.85. The molecular formula is C10H13FO. The molecular weight excluding hydrogens is 155 g/mol. The summed E-state index contributed by atoms with van der Waals surface area (Å²) in [5.41, 5.74) is 1.67. The fourth-order valence-corrected chi connectivity index (χ4v) is 1.15. The molecule has 0 spiro atoms. The second kappa shape index (κ2) is 3.57. The number of ether oxygens (including phenoxy) is 1. The molecule has 0 saturated heterocycles. The first-order chi connectivity index (χ1) is 5.65. The maximum absolute atomic E-state index is 12.8. The first kappa shape index (κ1) is 9.04. The highest BCUT2D eigenvalue weighted by Crippen LogP contribution is 2.23. The van der Waals surface area contributed by atoms with Crippen LogP contribution in [0.5, 0.6) is 5.75 Å². The summed E-state index contributed by atoms with van der Waals surface area (Å²) < 4.78 is 17.9. The fourth-order valence-electron chi connectivity index (χ4n) is 1.15. The lowest BCUT2D eigenvalue weighted by Crippen LogP contribution is -1.90. The molecule has 0 amide bonds. The molecule has 0 fully saturated rings. The highest BCUT2D eigenvalue weighted by atomic mass is 19.1. The molecule has 0 aliphatic heterocycles. The summed E-state index contributed by atoms with van der Waals surface area (Å²) in [4.78, 5) is 0. The quantitative estimate of drug-likeness (QED) is 0.659. The van der Waals surface area contributed by atoms with E-state index in [2.05, 4.69) is 0 Å². The van der Waals surface area contributed by atoms with Crippen molar-refractivity contribution < 1.29 is 9.13 Å². The van der Waals surface area contributed by atoms with E-state index in [9.17, 15) is 4.39 Å². The summed E-state index contributed by atoms with van der Waals surface area (Å²) >= 11 is 0. The third kappa shape index (κ3) is 1.76. The van der Waals surface area contributed by atoms with Crippen molar-refractivity contribution in [3.63, 3.8) is 0 Å². The second-order valence-electron chi connectivity index (χ2n) is 2.85. The topological polar surface area (TPSA) is 9.23 Å². The highest BCUT2D eigenvalue weighted by Gasteiger charge is 2.04. The Morgan fingerprint density at radius 2 is 2.08 bits per heavy atom. The predicted molar refractivity (Wildman–Crippen MR) is 47.3 cm³/mol. The maximum Gasteiger partial charge on any atom is 0.122 e. The van der Waals surface area contributed by atoms with Crippen LogP contribution in [0.3, 0.4) is 0 Å². The van der Waals surface area contributed by atoms with Crippen molar-refractivity contribution in [3.8, 4) is 5.75 Å². The lowest BCUT2D eigenvalue weighted by atomic mass is 10.1. The van der Waals surface area contributed by atoms with E-state index in [1.807, 2.05) is 13.0 Å². The van der Waals surface area contributed by atoms with Crippen molar-refractivity contribution >= 4 is 0 Å². The molecule has 0 radical (unpaired) electrons. The molecule has 12 heavy (non-hydrogen) atoms. The van der Waals surface area contributed by atoms with Crippen molar-refractivity contribution in [2.24, 2.45) is 0 Å². The van der Waals surface area contributed by atoms with Gasteiger partial charge in [0.2, 0.25) is 0 Å². The molecule has 66 valence electrons. The number of halogens is 1. The highest BCUT2D eigenvalue weighted by molar-refractivity contribution is 5.36. The molecule has 0 aromatic heterocycles. The van der Waals surface area contributed by atoms with Gasteiger partial charge in [0, 0.05) is 0 Å². The summed E-state index contributed by atoms with van der Waals surface area (Å²) in [5, 5.41) is 0. The monoisotopic (exact) mass is 168 g/mol. The number of benzene rings is 1. The summed E-state index contributed by atoms with van der Waals surface area (Å²) in [6, 6.07) is 5.35. The fraction of sp³-hybridized carbons (Fsp3) is 0.400. The maximum atomic E-state index is 12.8. The van der Waals surface area contributed by atoms with E-state index >= 15 is 0 Å². The van der Waals surface area contributed by atoms with Crippen LogP contribution in [0.15, 0.2) is 18.2 Å². The minimum atomic E-state index is -0.908. The number of aryl methyl sites for hydroxylation is 1. The summed E-state index contributed by atoms with van der Waals surface area (Å²) in [6.07, 6.45) is -0.908. The van der Waals surface area contributed by atoms with Gasteiger partial charge < -0.3 is 4.74 Å². The van der Waals surface area contributed by atoms with E-state index in [1.165, 1.54) is 6.92 Å². The van der Waals surface area contributed by atoms with Crippen molar-refractivity contribution in [2.75, 3.05) is 7.11 Å². The van der Waals surface area contributed by atoms with Gasteiger partial charge in [0.25, 0.3) is 0 Å². The largest absolute Gasteiger partial charge is 0.496 e. The summed E-state index contributed by atoms with van der Waals surface area (Å²) in [6.45, 7) is 3.44. The normalized spacial score (nSPS) is 12.7. The van der Waals surface area contributed by atoms with Gasteiger partial charge in [-0.3, -0.25) is 0 Å². The van der Waals surface area contributed by atoms with E-state index in [4.69, 9.17) is 4.74 Å². The Labute approximate surface area is 72.2 Å². The Kier molecular flexibility index (Phi) is 2.69. The third-order valence-corrected chi connectivity index (χ3v) is 1.88. The first-order valence-electron chi connectivity index (χ1n) is 3.93. The first-order valence-corrected chi connectivity index (χ1v) is 3.93. The van der Waals surface area contributed by atoms with Gasteiger partial charge in [-0.1, -0.05) is 6.07 Å². The van der Waals surface area contributed by atoms with Crippen LogP contribution in [-0.2, 0) is 0 Å². The van der Waals surface area contributed by atoms with Crippen molar-refractivity contribution in [3.05, 3.63) is 29.3 Å². The molecule has 0 bridgehead atoms. The molecule has 1 atom stereocenters. The van der Waals surface area contributed by atoms with Gasteiger partial charge in [-0.2, -0.15) is 0 Å². The molecule has 0 heterocycles. The Morgan fingerprint density at radius 3 is 2.50 bits per heavy atom. The van der Waals surface area contributed by atoms with Crippen molar-refractivity contribution in [2.45, 2.75) is 20.0 Å². The molecule has 1 aromatic carbocycles. The molecule has 2 heteroatoms. The van der Waals surface area contributed by atoms with Crippen LogP contribution in [0.2, 0.25) is 0 Å². The van der Waals surface area contributed by atoms with Gasteiger partial charge in [-0.15, -0.1) is 0 Å². The molecule has 0 aliphatic rings. The Morgan fingerprint density at radius 1 is 1.42 bits per heavy atom. The van der Waals surface area contributed by atoms with Crippen molar-refractivity contribution in [1.82, 2.24) is 0 Å². The van der Waals surface area contributed by atoms with E-state index < -0.39 is 6.17 Å². The smallest absolute Gasteiger partial charge is 0.122 e. The van der Waals surface area contributed by atoms with Gasteiger partial charge >= 0.3 is 0 Å². The van der Waals surface area contributed by atoms with Gasteiger partial charge in [0.05, 0.1) is 7.11 Å². The molecule has 1 nitrogen and oxygen atoms in total. The van der Waals surface area contributed by atoms with E-state index in [-0.39, 0.29) is 0 Å². The summed E-state index contributed by atoms with van der Waals surface area (Å²) in [7, 11) is 1.61. The number of hydrogen-bond donors (Lipinski definition) is 0. The molecule has 0 unspecified atom stereocenters. The van der Waals surface area contributed by atoms with Gasteiger partial charge in [0.1, 0.15) is 11.9 Å². The van der Waals surface area contributed by atoms with E-state index in [0.29, 0.717) is 5.56 Å². The molecule has 0 N–H and O–H groups in total. The number of rotatable bonds is 2. The van der Waals surface area contributed by atoms with Crippen LogP contribution in [-0.4, -0.2) is 7.11 Å². The predicted octanol–water partition coefficient (Wildman–Crippen LogP) is 3.03. The van der Waals surface area contributed by atoms with Crippen LogP contribution in [0.4, 0.5) is 4.39 Å². The number of methoxy groups -OCH3 is 1. The third-order valence-electron chi connectivity index (χ3n) is 1.88. The van der Waals surface area contributed by atoms with Gasteiger partial charge in [-0.05, 0) is 37.1 Å². The van der Waals surface area contributed by atoms with Crippen LogP contribution < -0.4 is 4.74 Å². The molecule has 1 aromatic rings. The minimum Gasteiger partial charge on any atom is -0.496 e. The zero-order valence-electron chi connectivity index (χ0n) is 7.60. The van der Waals surface area contributed by atoms with Crippen LogP contribution in [0, 0.1) is 6.92 Å². The number of alkyl halides is 1. The van der Waals surface area contributed by atoms with Gasteiger partial charge in [-0.25, -0.2) is 4.39 Å². The van der Waals surface area contributed by atoms with E-state index in [1.54, 1.807) is 19.2 Å². The van der Waals surface area contributed by atoms with Crippen LogP contribution >= 0.6 is 0 Å². The standard InChI is InChI=1S/C10H13FO/c1-7-6-9(8(2)11)4-5-10(7)12-3/h4-6,8H,1-3H3/t8-/m1/s1.